The van der Waals surface area contributed by atoms with Crippen LogP contribution in [0.2, 0.25) is 0 Å². The summed E-state index contributed by atoms with van der Waals surface area (Å²) in [5.74, 6) is -0.706. The number of rotatable bonds is 2. The van der Waals surface area contributed by atoms with Crippen molar-refractivity contribution in [3.8, 4) is 28.4 Å². The van der Waals surface area contributed by atoms with Gasteiger partial charge in [-0.05, 0) is 17.7 Å². The average Bonchev–Trinajstić information content (AvgIpc) is 2.47. The maximum atomic E-state index is 13.2. The zero-order valence-electron chi connectivity index (χ0n) is 10.9. The topological polar surface area (TPSA) is 66.0 Å². The van der Waals surface area contributed by atoms with Crippen molar-refractivity contribution in [3.63, 3.8) is 0 Å². The van der Waals surface area contributed by atoms with Crippen LogP contribution in [0.15, 0.2) is 59.4 Å². The number of aromatic nitrogens is 2. The van der Waals surface area contributed by atoms with Crippen LogP contribution < -0.4 is 5.56 Å². The fraction of sp³-hybridized carbons (Fsp3) is 0. The van der Waals surface area contributed by atoms with Gasteiger partial charge in [0.25, 0.3) is 5.56 Å². The van der Waals surface area contributed by atoms with Crippen molar-refractivity contribution in [1.29, 1.82) is 0 Å². The number of halogens is 1. The Hall–Kier alpha value is -2.95. The van der Waals surface area contributed by atoms with Crippen molar-refractivity contribution in [2.24, 2.45) is 0 Å². The SMILES string of the molecule is O=c1[nH]c(-c2cccc(F)c2)nc(O)c1-c1ccccc1. The van der Waals surface area contributed by atoms with Gasteiger partial charge >= 0.3 is 0 Å². The monoisotopic (exact) mass is 282 g/mol. The lowest BCUT2D eigenvalue weighted by Crippen LogP contribution is -2.12. The fourth-order valence-corrected chi connectivity index (χ4v) is 2.10. The lowest BCUT2D eigenvalue weighted by molar-refractivity contribution is 0.454. The number of H-pyrrole nitrogens is 1. The Kier molecular flexibility index (Phi) is 3.23. The predicted octanol–water partition coefficient (Wildman–Crippen LogP) is 2.95. The van der Waals surface area contributed by atoms with Crippen LogP contribution >= 0.6 is 0 Å². The zero-order chi connectivity index (χ0) is 14.8. The van der Waals surface area contributed by atoms with Crippen LogP contribution in [0, 0.1) is 5.82 Å². The van der Waals surface area contributed by atoms with Gasteiger partial charge in [0.2, 0.25) is 5.88 Å². The van der Waals surface area contributed by atoms with E-state index in [2.05, 4.69) is 9.97 Å². The molecule has 0 amide bonds. The van der Waals surface area contributed by atoms with Crippen LogP contribution in [0.1, 0.15) is 0 Å². The molecule has 0 saturated carbocycles. The molecule has 0 aliphatic rings. The number of aromatic amines is 1. The minimum atomic E-state index is -0.479. The molecule has 4 nitrogen and oxygen atoms in total. The van der Waals surface area contributed by atoms with Crippen LogP contribution in [-0.2, 0) is 0 Å². The Morgan fingerprint density at radius 2 is 1.71 bits per heavy atom. The molecule has 0 atom stereocenters. The Morgan fingerprint density at radius 3 is 2.38 bits per heavy atom. The molecule has 2 aromatic carbocycles. The summed E-state index contributed by atoms with van der Waals surface area (Å²) in [5, 5.41) is 10.0. The molecular formula is C16H11FN2O2. The zero-order valence-corrected chi connectivity index (χ0v) is 10.9. The third kappa shape index (κ3) is 2.53. The Balaban J connectivity index is 2.15. The molecule has 0 saturated heterocycles. The lowest BCUT2D eigenvalue weighted by Gasteiger charge is -2.06. The highest BCUT2D eigenvalue weighted by molar-refractivity contribution is 5.69. The molecule has 0 radical (unpaired) electrons. The van der Waals surface area contributed by atoms with Gasteiger partial charge in [-0.25, -0.2) is 4.39 Å². The van der Waals surface area contributed by atoms with Crippen molar-refractivity contribution in [1.82, 2.24) is 9.97 Å². The van der Waals surface area contributed by atoms with Gasteiger partial charge in [-0.3, -0.25) is 4.79 Å². The molecule has 1 aromatic heterocycles. The molecule has 2 N–H and O–H groups in total. The number of benzene rings is 2. The molecule has 3 aromatic rings. The number of hydrogen-bond acceptors (Lipinski definition) is 3. The van der Waals surface area contributed by atoms with E-state index in [1.807, 2.05) is 6.07 Å². The first-order valence-corrected chi connectivity index (χ1v) is 6.30. The van der Waals surface area contributed by atoms with E-state index in [4.69, 9.17) is 0 Å². The van der Waals surface area contributed by atoms with E-state index < -0.39 is 11.4 Å². The highest BCUT2D eigenvalue weighted by atomic mass is 19.1. The van der Waals surface area contributed by atoms with Crippen LogP contribution in [0.4, 0.5) is 4.39 Å². The Labute approximate surface area is 119 Å². The molecule has 0 bridgehead atoms. The second-order valence-electron chi connectivity index (χ2n) is 4.49. The van der Waals surface area contributed by atoms with E-state index in [0.29, 0.717) is 11.1 Å². The molecule has 3 rings (SSSR count). The minimum absolute atomic E-state index is 0.0933. The summed E-state index contributed by atoms with van der Waals surface area (Å²) in [5.41, 5.74) is 0.570. The van der Waals surface area contributed by atoms with Gasteiger partial charge in [0, 0.05) is 5.56 Å². The van der Waals surface area contributed by atoms with Gasteiger partial charge in [0.1, 0.15) is 17.2 Å². The third-order valence-corrected chi connectivity index (χ3v) is 3.06. The highest BCUT2D eigenvalue weighted by Gasteiger charge is 2.13. The fourth-order valence-electron chi connectivity index (χ4n) is 2.10. The maximum Gasteiger partial charge on any atom is 0.262 e. The normalized spacial score (nSPS) is 10.5. The molecular weight excluding hydrogens is 271 g/mol. The van der Waals surface area contributed by atoms with E-state index in [9.17, 15) is 14.3 Å². The molecule has 104 valence electrons. The summed E-state index contributed by atoms with van der Waals surface area (Å²) in [6, 6.07) is 14.4. The molecule has 1 heterocycles. The quantitative estimate of drug-likeness (QED) is 0.759. The van der Waals surface area contributed by atoms with Crippen molar-refractivity contribution in [2.45, 2.75) is 0 Å². The first-order chi connectivity index (χ1) is 10.1. The summed E-state index contributed by atoms with van der Waals surface area (Å²) < 4.78 is 13.2. The van der Waals surface area contributed by atoms with Crippen molar-refractivity contribution in [2.75, 3.05) is 0 Å². The molecule has 0 aliphatic carbocycles. The van der Waals surface area contributed by atoms with Gasteiger partial charge in [0.05, 0.1) is 0 Å². The van der Waals surface area contributed by atoms with Gasteiger partial charge in [0.15, 0.2) is 0 Å². The third-order valence-electron chi connectivity index (χ3n) is 3.06. The summed E-state index contributed by atoms with van der Waals surface area (Å²) in [6.45, 7) is 0. The number of nitrogens with zero attached hydrogens (tertiary/aromatic N) is 1. The first kappa shape index (κ1) is 13.1. The van der Waals surface area contributed by atoms with Crippen LogP contribution in [0.3, 0.4) is 0 Å². The molecule has 0 spiro atoms. The van der Waals surface area contributed by atoms with Crippen LogP contribution in [0.25, 0.3) is 22.5 Å². The summed E-state index contributed by atoms with van der Waals surface area (Å²) in [7, 11) is 0. The second-order valence-corrected chi connectivity index (χ2v) is 4.49. The standard InChI is InChI=1S/C16H11FN2O2/c17-12-8-4-7-11(9-12)14-18-15(20)13(16(21)19-14)10-5-2-1-3-6-10/h1-9H,(H2,18,19,20,21). The van der Waals surface area contributed by atoms with Gasteiger partial charge < -0.3 is 10.1 Å². The number of nitrogens with one attached hydrogen (secondary N) is 1. The molecule has 0 aliphatic heterocycles. The summed E-state index contributed by atoms with van der Waals surface area (Å²) >= 11 is 0. The second kappa shape index (κ2) is 5.20. The minimum Gasteiger partial charge on any atom is -0.493 e. The summed E-state index contributed by atoms with van der Waals surface area (Å²) in [4.78, 5) is 18.7. The number of aromatic hydroxyl groups is 1. The van der Waals surface area contributed by atoms with Crippen LogP contribution in [-0.4, -0.2) is 15.1 Å². The lowest BCUT2D eigenvalue weighted by atomic mass is 10.1. The van der Waals surface area contributed by atoms with Crippen LogP contribution in [0.5, 0.6) is 5.88 Å². The first-order valence-electron chi connectivity index (χ1n) is 6.30. The molecule has 0 unspecified atom stereocenters. The molecule has 5 heteroatoms. The van der Waals surface area contributed by atoms with E-state index >= 15 is 0 Å². The maximum absolute atomic E-state index is 13.2. The molecule has 0 fully saturated rings. The van der Waals surface area contributed by atoms with E-state index in [-0.39, 0.29) is 17.3 Å². The smallest absolute Gasteiger partial charge is 0.262 e. The predicted molar refractivity (Wildman–Crippen MR) is 77.4 cm³/mol. The summed E-state index contributed by atoms with van der Waals surface area (Å²) in [6.07, 6.45) is 0. The average molecular weight is 282 g/mol. The van der Waals surface area contributed by atoms with E-state index in [1.54, 1.807) is 30.3 Å². The van der Waals surface area contributed by atoms with E-state index in [1.165, 1.54) is 18.2 Å². The molecule has 21 heavy (non-hydrogen) atoms. The van der Waals surface area contributed by atoms with Crippen molar-refractivity contribution in [3.05, 3.63) is 70.8 Å². The Bertz CT molecular complexity index is 844. The van der Waals surface area contributed by atoms with Gasteiger partial charge in [-0.2, -0.15) is 4.98 Å². The van der Waals surface area contributed by atoms with Gasteiger partial charge in [-0.1, -0.05) is 42.5 Å². The highest BCUT2D eigenvalue weighted by Crippen LogP contribution is 2.25. The largest absolute Gasteiger partial charge is 0.493 e. The van der Waals surface area contributed by atoms with Crippen molar-refractivity contribution < 1.29 is 9.50 Å². The number of hydrogen-bond donors (Lipinski definition) is 2. The van der Waals surface area contributed by atoms with E-state index in [0.717, 1.165) is 0 Å². The van der Waals surface area contributed by atoms with Gasteiger partial charge in [-0.15, -0.1) is 0 Å². The van der Waals surface area contributed by atoms with Crippen molar-refractivity contribution >= 4 is 0 Å². The Morgan fingerprint density at radius 1 is 1.00 bits per heavy atom.